The monoisotopic (exact) mass is 513 g/mol. The van der Waals surface area contributed by atoms with Crippen LogP contribution < -0.4 is 10.5 Å². The molecule has 38 heavy (non-hydrogen) atoms. The number of aromatic nitrogens is 4. The molecule has 2 aromatic carbocycles. The lowest BCUT2D eigenvalue weighted by molar-refractivity contribution is 0.0692. The van der Waals surface area contributed by atoms with Crippen molar-refractivity contribution in [3.8, 4) is 22.8 Å². The number of likely N-dealkylation sites (tertiary alicyclic amines) is 2. The first kappa shape index (κ1) is 24.2. The van der Waals surface area contributed by atoms with Crippen molar-refractivity contribution in [3.63, 3.8) is 0 Å². The molecule has 10 nitrogen and oxygen atoms in total. The fraction of sp³-hybridized carbons (Fsp3) is 0.357. The quantitative estimate of drug-likeness (QED) is 0.395. The number of piperidine rings is 2. The molecule has 0 spiro atoms. The van der Waals surface area contributed by atoms with E-state index in [1.807, 2.05) is 59.3 Å². The minimum absolute atomic E-state index is 0.146. The Morgan fingerprint density at radius 3 is 2.39 bits per heavy atom. The summed E-state index contributed by atoms with van der Waals surface area (Å²) >= 11 is 0. The summed E-state index contributed by atoms with van der Waals surface area (Å²) in [6.45, 7) is 3.04. The van der Waals surface area contributed by atoms with Gasteiger partial charge in [0.15, 0.2) is 5.65 Å². The SMILES string of the molecule is Nc1ncnc2c1c(-c1ccc(Oc3ccccc3)cc1)nn2[C@@H]1CCCN(C2CCN(C(=O)O)CC2)C1. The van der Waals surface area contributed by atoms with Crippen LogP contribution in [-0.4, -0.2) is 73.0 Å². The zero-order valence-electron chi connectivity index (χ0n) is 21.1. The van der Waals surface area contributed by atoms with E-state index in [1.54, 1.807) is 0 Å². The van der Waals surface area contributed by atoms with Gasteiger partial charge >= 0.3 is 6.09 Å². The second kappa shape index (κ2) is 10.3. The Kier molecular flexibility index (Phi) is 6.55. The maximum absolute atomic E-state index is 11.3. The number of nitrogen functional groups attached to an aromatic ring is 1. The molecule has 1 atom stereocenters. The van der Waals surface area contributed by atoms with Crippen LogP contribution in [0, 0.1) is 0 Å². The molecule has 0 bridgehead atoms. The topological polar surface area (TPSA) is 123 Å². The summed E-state index contributed by atoms with van der Waals surface area (Å²) in [5, 5.41) is 15.1. The number of hydrogen-bond donors (Lipinski definition) is 2. The number of fused-ring (bicyclic) bond motifs is 1. The van der Waals surface area contributed by atoms with Gasteiger partial charge in [0.1, 0.15) is 29.3 Å². The molecular weight excluding hydrogens is 482 g/mol. The summed E-state index contributed by atoms with van der Waals surface area (Å²) in [6.07, 6.45) is 4.43. The minimum atomic E-state index is -0.826. The van der Waals surface area contributed by atoms with E-state index in [9.17, 15) is 9.90 Å². The lowest BCUT2D eigenvalue weighted by Gasteiger charge is -2.41. The number of amides is 1. The molecule has 6 rings (SSSR count). The molecular formula is C28H31N7O3. The first-order valence-electron chi connectivity index (χ1n) is 13.1. The summed E-state index contributed by atoms with van der Waals surface area (Å²) < 4.78 is 7.98. The molecule has 0 aliphatic carbocycles. The number of nitrogens with two attached hydrogens (primary N) is 1. The van der Waals surface area contributed by atoms with Crippen molar-refractivity contribution in [1.82, 2.24) is 29.5 Å². The number of carbonyl (C=O) groups is 1. The predicted octanol–water partition coefficient (Wildman–Crippen LogP) is 4.65. The lowest BCUT2D eigenvalue weighted by Crippen LogP contribution is -2.49. The highest BCUT2D eigenvalue weighted by Gasteiger charge is 2.32. The zero-order chi connectivity index (χ0) is 26.1. The third kappa shape index (κ3) is 4.74. The summed E-state index contributed by atoms with van der Waals surface area (Å²) in [7, 11) is 0. The minimum Gasteiger partial charge on any atom is -0.465 e. The molecule has 2 aliphatic rings. The van der Waals surface area contributed by atoms with E-state index in [4.69, 9.17) is 15.6 Å². The maximum atomic E-state index is 11.3. The van der Waals surface area contributed by atoms with Crippen molar-refractivity contribution >= 4 is 22.9 Å². The van der Waals surface area contributed by atoms with E-state index in [1.165, 1.54) is 11.2 Å². The molecule has 4 heterocycles. The van der Waals surface area contributed by atoms with Crippen molar-refractivity contribution in [2.45, 2.75) is 37.8 Å². The molecule has 2 aliphatic heterocycles. The van der Waals surface area contributed by atoms with Crippen molar-refractivity contribution in [2.24, 2.45) is 0 Å². The van der Waals surface area contributed by atoms with Crippen LogP contribution in [0.15, 0.2) is 60.9 Å². The number of hydrogen-bond acceptors (Lipinski definition) is 7. The maximum Gasteiger partial charge on any atom is 0.407 e. The second-order valence-electron chi connectivity index (χ2n) is 9.98. The van der Waals surface area contributed by atoms with E-state index < -0.39 is 6.09 Å². The molecule has 4 aromatic rings. The number of nitrogens with zero attached hydrogens (tertiary/aromatic N) is 6. The number of para-hydroxylation sites is 1. The van der Waals surface area contributed by atoms with Crippen LogP contribution in [0.2, 0.25) is 0 Å². The van der Waals surface area contributed by atoms with E-state index in [-0.39, 0.29) is 6.04 Å². The van der Waals surface area contributed by atoms with Gasteiger partial charge < -0.3 is 20.5 Å². The highest BCUT2D eigenvalue weighted by atomic mass is 16.5. The molecule has 0 unspecified atom stereocenters. The molecule has 2 fully saturated rings. The normalized spacial score (nSPS) is 19.1. The highest BCUT2D eigenvalue weighted by Crippen LogP contribution is 2.35. The molecule has 3 N–H and O–H groups in total. The Morgan fingerprint density at radius 1 is 0.921 bits per heavy atom. The van der Waals surface area contributed by atoms with Crippen molar-refractivity contribution in [1.29, 1.82) is 0 Å². The molecule has 2 aromatic heterocycles. The van der Waals surface area contributed by atoms with Crippen LogP contribution in [0.4, 0.5) is 10.6 Å². The van der Waals surface area contributed by atoms with Crippen molar-refractivity contribution in [2.75, 3.05) is 31.9 Å². The number of carboxylic acid groups (broad SMARTS) is 1. The van der Waals surface area contributed by atoms with Gasteiger partial charge in [-0.2, -0.15) is 5.10 Å². The van der Waals surface area contributed by atoms with Crippen LogP contribution in [0.1, 0.15) is 31.7 Å². The number of anilines is 1. The molecule has 0 radical (unpaired) electrons. The smallest absolute Gasteiger partial charge is 0.407 e. The summed E-state index contributed by atoms with van der Waals surface area (Å²) in [5.41, 5.74) is 8.78. The molecule has 2 saturated heterocycles. The third-order valence-electron chi connectivity index (χ3n) is 7.65. The predicted molar refractivity (Wildman–Crippen MR) is 144 cm³/mol. The van der Waals surface area contributed by atoms with Gasteiger partial charge in [0, 0.05) is 31.2 Å². The van der Waals surface area contributed by atoms with Crippen LogP contribution in [0.25, 0.3) is 22.3 Å². The van der Waals surface area contributed by atoms with Gasteiger partial charge in [0.05, 0.1) is 11.4 Å². The molecule has 10 heteroatoms. The van der Waals surface area contributed by atoms with Gasteiger partial charge in [-0.3, -0.25) is 4.90 Å². The molecule has 1 amide bonds. The van der Waals surface area contributed by atoms with Crippen LogP contribution >= 0.6 is 0 Å². The van der Waals surface area contributed by atoms with Crippen LogP contribution in [-0.2, 0) is 0 Å². The standard InChI is InChI=1S/C28H31N7O3/c29-26-24-25(19-8-10-23(11-9-19)38-22-6-2-1-3-7-22)32-35(27(24)31-18-30-26)21-5-4-14-34(17-21)20-12-15-33(16-13-20)28(36)37/h1-3,6-11,18,20-21H,4-5,12-17H2,(H,36,37)(H2,29,30,31)/t21-/m1/s1. The van der Waals surface area contributed by atoms with Crippen LogP contribution in [0.5, 0.6) is 11.5 Å². The lowest BCUT2D eigenvalue weighted by atomic mass is 9.98. The Hall–Kier alpha value is -4.18. The third-order valence-corrected chi connectivity index (χ3v) is 7.65. The molecule has 0 saturated carbocycles. The Balaban J connectivity index is 1.26. The van der Waals surface area contributed by atoms with Gasteiger partial charge in [-0.1, -0.05) is 18.2 Å². The zero-order valence-corrected chi connectivity index (χ0v) is 21.1. The van der Waals surface area contributed by atoms with Crippen molar-refractivity contribution < 1.29 is 14.6 Å². The van der Waals surface area contributed by atoms with Gasteiger partial charge in [-0.25, -0.2) is 19.4 Å². The Bertz CT molecular complexity index is 1420. The first-order chi connectivity index (χ1) is 18.6. The van der Waals surface area contributed by atoms with E-state index >= 15 is 0 Å². The number of ether oxygens (including phenoxy) is 1. The second-order valence-corrected chi connectivity index (χ2v) is 9.98. The van der Waals surface area contributed by atoms with Crippen LogP contribution in [0.3, 0.4) is 0 Å². The average Bonchev–Trinajstić information content (AvgIpc) is 3.35. The number of rotatable bonds is 5. The van der Waals surface area contributed by atoms with E-state index in [0.717, 1.165) is 72.6 Å². The first-order valence-corrected chi connectivity index (χ1v) is 13.1. The largest absolute Gasteiger partial charge is 0.465 e. The summed E-state index contributed by atoms with van der Waals surface area (Å²) in [4.78, 5) is 24.2. The average molecular weight is 514 g/mol. The highest BCUT2D eigenvalue weighted by molar-refractivity contribution is 5.98. The van der Waals surface area contributed by atoms with E-state index in [0.29, 0.717) is 24.9 Å². The van der Waals surface area contributed by atoms with Gasteiger partial charge in [0.25, 0.3) is 0 Å². The fourth-order valence-electron chi connectivity index (χ4n) is 5.69. The van der Waals surface area contributed by atoms with Gasteiger partial charge in [-0.05, 0) is 68.6 Å². The van der Waals surface area contributed by atoms with Crippen molar-refractivity contribution in [3.05, 3.63) is 60.9 Å². The Morgan fingerprint density at radius 2 is 1.66 bits per heavy atom. The molecule has 196 valence electrons. The summed E-state index contributed by atoms with van der Waals surface area (Å²) in [5.74, 6) is 1.93. The number of benzene rings is 2. The van der Waals surface area contributed by atoms with Gasteiger partial charge in [-0.15, -0.1) is 0 Å². The van der Waals surface area contributed by atoms with E-state index in [2.05, 4.69) is 14.9 Å². The van der Waals surface area contributed by atoms with Gasteiger partial charge in [0.2, 0.25) is 0 Å². The summed E-state index contributed by atoms with van der Waals surface area (Å²) in [6, 6.07) is 18.0. The fourth-order valence-corrected chi connectivity index (χ4v) is 5.69. The Labute approximate surface area is 220 Å².